The van der Waals surface area contributed by atoms with Crippen molar-refractivity contribution in [3.63, 3.8) is 0 Å². The highest BCUT2D eigenvalue weighted by molar-refractivity contribution is 5.81. The second-order valence-electron chi connectivity index (χ2n) is 6.75. The van der Waals surface area contributed by atoms with Crippen molar-refractivity contribution in [2.45, 2.75) is 25.9 Å². The Morgan fingerprint density at radius 3 is 2.74 bits per heavy atom. The SMILES string of the molecule is Cc1cc(-c2c(-c3ccc(OC4CC4)c(F)c3)nc3ncccn23)ccn1. The fourth-order valence-electron chi connectivity index (χ4n) is 3.17. The van der Waals surface area contributed by atoms with Gasteiger partial charge in [0.15, 0.2) is 11.6 Å². The average molecular weight is 360 g/mol. The Morgan fingerprint density at radius 2 is 1.96 bits per heavy atom. The van der Waals surface area contributed by atoms with Gasteiger partial charge in [0, 0.05) is 35.4 Å². The summed E-state index contributed by atoms with van der Waals surface area (Å²) in [6.07, 6.45) is 7.50. The Hall–Kier alpha value is -3.28. The van der Waals surface area contributed by atoms with E-state index in [-0.39, 0.29) is 11.9 Å². The van der Waals surface area contributed by atoms with E-state index < -0.39 is 0 Å². The van der Waals surface area contributed by atoms with E-state index in [1.807, 2.05) is 41.8 Å². The van der Waals surface area contributed by atoms with Crippen molar-refractivity contribution < 1.29 is 9.13 Å². The fourth-order valence-corrected chi connectivity index (χ4v) is 3.17. The zero-order valence-corrected chi connectivity index (χ0v) is 14.8. The van der Waals surface area contributed by atoms with Crippen molar-refractivity contribution in [2.24, 2.45) is 0 Å². The van der Waals surface area contributed by atoms with Gasteiger partial charge in [-0.2, -0.15) is 0 Å². The minimum absolute atomic E-state index is 0.153. The number of nitrogens with zero attached hydrogens (tertiary/aromatic N) is 4. The van der Waals surface area contributed by atoms with Crippen LogP contribution in [0.25, 0.3) is 28.3 Å². The zero-order valence-electron chi connectivity index (χ0n) is 14.8. The summed E-state index contributed by atoms with van der Waals surface area (Å²) in [4.78, 5) is 13.3. The van der Waals surface area contributed by atoms with Crippen molar-refractivity contribution in [3.8, 4) is 28.3 Å². The lowest BCUT2D eigenvalue weighted by Crippen LogP contribution is -1.98. The molecule has 1 aliphatic rings. The quantitative estimate of drug-likeness (QED) is 0.540. The van der Waals surface area contributed by atoms with Crippen LogP contribution in [-0.2, 0) is 0 Å². The number of benzene rings is 1. The van der Waals surface area contributed by atoms with Gasteiger partial charge in [0.1, 0.15) is 0 Å². The largest absolute Gasteiger partial charge is 0.487 e. The van der Waals surface area contributed by atoms with Gasteiger partial charge < -0.3 is 4.74 Å². The molecule has 4 aromatic rings. The smallest absolute Gasteiger partial charge is 0.234 e. The van der Waals surface area contributed by atoms with Crippen LogP contribution in [0.3, 0.4) is 0 Å². The summed E-state index contributed by atoms with van der Waals surface area (Å²) >= 11 is 0. The van der Waals surface area contributed by atoms with Gasteiger partial charge in [0.2, 0.25) is 5.78 Å². The number of rotatable bonds is 4. The van der Waals surface area contributed by atoms with Gasteiger partial charge in [-0.25, -0.2) is 14.4 Å². The van der Waals surface area contributed by atoms with E-state index in [0.717, 1.165) is 29.8 Å². The third-order valence-corrected chi connectivity index (χ3v) is 4.60. The molecule has 5 nitrogen and oxygen atoms in total. The number of pyridine rings is 1. The van der Waals surface area contributed by atoms with E-state index in [9.17, 15) is 4.39 Å². The number of aromatic nitrogens is 4. The molecule has 1 saturated carbocycles. The third kappa shape index (κ3) is 2.93. The molecule has 0 aliphatic heterocycles. The molecule has 0 amide bonds. The Balaban J connectivity index is 1.68. The highest BCUT2D eigenvalue weighted by Gasteiger charge is 2.25. The van der Waals surface area contributed by atoms with E-state index >= 15 is 0 Å². The number of aryl methyl sites for hydroxylation is 1. The fraction of sp³-hybridized carbons (Fsp3) is 0.190. The predicted octanol–water partition coefficient (Wildman–Crippen LogP) is 4.45. The van der Waals surface area contributed by atoms with Crippen molar-refractivity contribution in [1.82, 2.24) is 19.4 Å². The normalized spacial score (nSPS) is 13.9. The third-order valence-electron chi connectivity index (χ3n) is 4.60. The van der Waals surface area contributed by atoms with Crippen LogP contribution >= 0.6 is 0 Å². The number of imidazole rings is 1. The number of fused-ring (bicyclic) bond motifs is 1. The second kappa shape index (κ2) is 6.16. The molecule has 0 radical (unpaired) electrons. The highest BCUT2D eigenvalue weighted by atomic mass is 19.1. The molecule has 0 saturated heterocycles. The van der Waals surface area contributed by atoms with Crippen LogP contribution in [0.1, 0.15) is 18.5 Å². The molecule has 0 unspecified atom stereocenters. The molecule has 3 aromatic heterocycles. The monoisotopic (exact) mass is 360 g/mol. The van der Waals surface area contributed by atoms with E-state index in [0.29, 0.717) is 22.8 Å². The Bertz CT molecular complexity index is 1150. The molecule has 27 heavy (non-hydrogen) atoms. The first-order valence-corrected chi connectivity index (χ1v) is 8.92. The summed E-state index contributed by atoms with van der Waals surface area (Å²) in [6, 6.07) is 10.8. The van der Waals surface area contributed by atoms with Crippen LogP contribution in [0.5, 0.6) is 5.75 Å². The molecule has 5 rings (SSSR count). The first-order chi connectivity index (χ1) is 13.2. The minimum Gasteiger partial charge on any atom is -0.487 e. The van der Waals surface area contributed by atoms with E-state index in [4.69, 9.17) is 4.74 Å². The second-order valence-corrected chi connectivity index (χ2v) is 6.75. The number of hydrogen-bond donors (Lipinski definition) is 0. The van der Waals surface area contributed by atoms with Crippen LogP contribution < -0.4 is 4.74 Å². The summed E-state index contributed by atoms with van der Waals surface area (Å²) in [7, 11) is 0. The van der Waals surface area contributed by atoms with Gasteiger partial charge in [0.25, 0.3) is 0 Å². The zero-order chi connectivity index (χ0) is 18.4. The molecule has 1 aliphatic carbocycles. The molecule has 1 fully saturated rings. The summed E-state index contributed by atoms with van der Waals surface area (Å²) in [5, 5.41) is 0. The molecular formula is C21H17FN4O. The molecule has 1 aromatic carbocycles. The number of hydrogen-bond acceptors (Lipinski definition) is 4. The van der Waals surface area contributed by atoms with Crippen molar-refractivity contribution >= 4 is 5.78 Å². The topological polar surface area (TPSA) is 52.3 Å². The van der Waals surface area contributed by atoms with Gasteiger partial charge >= 0.3 is 0 Å². The lowest BCUT2D eigenvalue weighted by molar-refractivity contribution is 0.287. The van der Waals surface area contributed by atoms with Crippen LogP contribution in [-0.4, -0.2) is 25.5 Å². The van der Waals surface area contributed by atoms with E-state index in [1.54, 1.807) is 18.5 Å². The first-order valence-electron chi connectivity index (χ1n) is 8.92. The standard InChI is InChI=1S/C21H17FN4O/c1-13-11-15(7-9-23-13)20-19(25-21-24-8-2-10-26(20)21)14-3-6-18(17(22)12-14)27-16-4-5-16/h2-3,6-12,16H,4-5H2,1H3. The molecule has 0 atom stereocenters. The molecule has 0 spiro atoms. The van der Waals surface area contributed by atoms with Gasteiger partial charge in [-0.15, -0.1) is 0 Å². The van der Waals surface area contributed by atoms with E-state index in [2.05, 4.69) is 15.0 Å². The van der Waals surface area contributed by atoms with Crippen LogP contribution in [0.4, 0.5) is 4.39 Å². The number of halogens is 1. The van der Waals surface area contributed by atoms with Crippen LogP contribution in [0, 0.1) is 12.7 Å². The lowest BCUT2D eigenvalue weighted by atomic mass is 10.0. The maximum atomic E-state index is 14.6. The summed E-state index contributed by atoms with van der Waals surface area (Å²) in [6.45, 7) is 1.94. The molecule has 0 bridgehead atoms. The summed E-state index contributed by atoms with van der Waals surface area (Å²) in [5.41, 5.74) is 4.08. The molecule has 134 valence electrons. The molecule has 0 N–H and O–H groups in total. The van der Waals surface area contributed by atoms with Gasteiger partial charge in [-0.05, 0) is 56.2 Å². The average Bonchev–Trinajstić information content (AvgIpc) is 3.40. The van der Waals surface area contributed by atoms with Gasteiger partial charge in [-0.1, -0.05) is 0 Å². The maximum absolute atomic E-state index is 14.6. The molecule has 3 heterocycles. The highest BCUT2D eigenvalue weighted by Crippen LogP contribution is 2.35. The minimum atomic E-state index is -0.374. The van der Waals surface area contributed by atoms with Crippen LogP contribution in [0.2, 0.25) is 0 Å². The van der Waals surface area contributed by atoms with Gasteiger partial charge in [-0.3, -0.25) is 9.38 Å². The Labute approximate surface area is 155 Å². The maximum Gasteiger partial charge on any atom is 0.234 e. The number of ether oxygens (including phenoxy) is 1. The summed E-state index contributed by atoms with van der Waals surface area (Å²) < 4.78 is 22.1. The van der Waals surface area contributed by atoms with Crippen molar-refractivity contribution in [1.29, 1.82) is 0 Å². The van der Waals surface area contributed by atoms with Crippen molar-refractivity contribution in [3.05, 3.63) is 66.5 Å². The van der Waals surface area contributed by atoms with Crippen molar-refractivity contribution in [2.75, 3.05) is 0 Å². The predicted molar refractivity (Wildman–Crippen MR) is 100.0 cm³/mol. The van der Waals surface area contributed by atoms with Crippen LogP contribution in [0.15, 0.2) is 55.0 Å². The first kappa shape index (κ1) is 15.9. The lowest BCUT2D eigenvalue weighted by Gasteiger charge is -2.09. The van der Waals surface area contributed by atoms with Gasteiger partial charge in [0.05, 0.1) is 17.5 Å². The Kier molecular flexibility index (Phi) is 3.63. The Morgan fingerprint density at radius 1 is 1.07 bits per heavy atom. The summed E-state index contributed by atoms with van der Waals surface area (Å²) in [5.74, 6) is 0.487. The molecule has 6 heteroatoms. The van der Waals surface area contributed by atoms with E-state index in [1.165, 1.54) is 6.07 Å². The molecular weight excluding hydrogens is 343 g/mol.